The standard InChI is InChI=1S/C3H9NO.C2F6NO4S2/c1-5-3-2-4;3-1(4,5)14(10,11)9-15(12,13)2(6,7)8/h2-4H2,1H3;/q;-1/p+1. The maximum Gasteiger partial charge on any atom is 0.480 e. The lowest BCUT2D eigenvalue weighted by Gasteiger charge is -2.22. The number of rotatable bonds is 4. The summed E-state index contributed by atoms with van der Waals surface area (Å²) in [5.41, 5.74) is -8.86. The number of hydrogen-bond donors (Lipinski definition) is 1. The normalized spacial score (nSPS) is 13.6. The average Bonchev–Trinajstić information content (AvgIpc) is 2.14. The second-order valence-corrected chi connectivity index (χ2v) is 6.18. The van der Waals surface area contributed by atoms with Crippen LogP contribution in [-0.4, -0.2) is 48.1 Å². The highest BCUT2D eigenvalue weighted by molar-refractivity contribution is 8.13. The molecule has 0 spiro atoms. The van der Waals surface area contributed by atoms with Crippen LogP contribution in [0, 0.1) is 0 Å². The molecule has 3 N–H and O–H groups in total. The van der Waals surface area contributed by atoms with Crippen LogP contribution < -0.4 is 5.73 Å². The largest absolute Gasteiger partial charge is 0.480 e. The van der Waals surface area contributed by atoms with E-state index >= 15 is 0 Å². The highest BCUT2D eigenvalue weighted by Gasteiger charge is 2.46. The van der Waals surface area contributed by atoms with Crippen molar-refractivity contribution in [2.75, 3.05) is 20.3 Å². The average molecular weight is 356 g/mol. The van der Waals surface area contributed by atoms with Crippen LogP contribution in [0.4, 0.5) is 26.3 Å². The maximum atomic E-state index is 11.4. The Kier molecular flexibility index (Phi) is 8.00. The Morgan fingerprint density at radius 3 is 1.35 bits per heavy atom. The van der Waals surface area contributed by atoms with Crippen molar-refractivity contribution in [2.24, 2.45) is 0 Å². The summed E-state index contributed by atoms with van der Waals surface area (Å²) in [6, 6.07) is 0. The second kappa shape index (κ2) is 7.39. The Morgan fingerprint density at radius 1 is 0.950 bits per heavy atom. The number of alkyl halides is 6. The van der Waals surface area contributed by atoms with E-state index in [0.717, 1.165) is 17.3 Å². The van der Waals surface area contributed by atoms with E-state index in [0.29, 0.717) is 0 Å². The zero-order valence-corrected chi connectivity index (χ0v) is 11.3. The zero-order chi connectivity index (χ0) is 16.8. The van der Waals surface area contributed by atoms with Gasteiger partial charge in [-0.2, -0.15) is 26.3 Å². The number of sulfonamides is 2. The van der Waals surface area contributed by atoms with Gasteiger partial charge in [0.05, 0.1) is 13.2 Å². The summed E-state index contributed by atoms with van der Waals surface area (Å²) in [6.07, 6.45) is 0. The molecule has 0 aliphatic heterocycles. The molecule has 20 heavy (non-hydrogen) atoms. The predicted molar refractivity (Wildman–Crippen MR) is 52.9 cm³/mol. The lowest BCUT2D eigenvalue weighted by atomic mass is 10.7. The topological polar surface area (TPSA) is 119 Å². The van der Waals surface area contributed by atoms with E-state index in [2.05, 4.69) is 10.5 Å². The summed E-state index contributed by atoms with van der Waals surface area (Å²) in [5.74, 6) is 0. The van der Waals surface area contributed by atoms with Crippen molar-refractivity contribution in [2.45, 2.75) is 11.0 Å². The van der Waals surface area contributed by atoms with Gasteiger partial charge in [-0.15, -0.1) is 0 Å². The molecule has 0 unspecified atom stereocenters. The van der Waals surface area contributed by atoms with Crippen LogP contribution in [0.3, 0.4) is 0 Å². The van der Waals surface area contributed by atoms with Crippen molar-refractivity contribution >= 4 is 20.0 Å². The van der Waals surface area contributed by atoms with E-state index in [-0.39, 0.29) is 0 Å². The van der Waals surface area contributed by atoms with Gasteiger partial charge in [0.2, 0.25) is 0 Å². The third-order valence-electron chi connectivity index (χ3n) is 1.13. The minimum absolute atomic E-state index is 0.778. The number of quaternary nitrogens is 1. The van der Waals surface area contributed by atoms with E-state index in [1.165, 1.54) is 0 Å². The van der Waals surface area contributed by atoms with E-state index in [1.807, 2.05) is 0 Å². The first kappa shape index (κ1) is 21.7. The fourth-order valence-electron chi connectivity index (χ4n) is 0.358. The van der Waals surface area contributed by atoms with Crippen LogP contribution in [0.5, 0.6) is 0 Å². The Balaban J connectivity index is 0. The Morgan fingerprint density at radius 2 is 1.25 bits per heavy atom. The molecule has 0 aromatic carbocycles. The van der Waals surface area contributed by atoms with E-state index < -0.39 is 31.1 Å². The maximum absolute atomic E-state index is 11.4. The van der Waals surface area contributed by atoms with Gasteiger partial charge in [-0.25, -0.2) is 16.8 Å². The van der Waals surface area contributed by atoms with Crippen LogP contribution in [0.25, 0.3) is 4.13 Å². The van der Waals surface area contributed by atoms with Gasteiger partial charge in [0.25, 0.3) is 0 Å². The molecule has 0 aromatic rings. The zero-order valence-electron chi connectivity index (χ0n) is 9.69. The van der Waals surface area contributed by atoms with Gasteiger partial charge in [-0.1, -0.05) is 0 Å². The molecule has 0 saturated heterocycles. The Hall–Kier alpha value is -0.640. The van der Waals surface area contributed by atoms with Crippen molar-refractivity contribution in [1.82, 2.24) is 0 Å². The second-order valence-electron chi connectivity index (χ2n) is 2.76. The molecule has 0 aromatic heterocycles. The molecule has 0 aliphatic carbocycles. The summed E-state index contributed by atoms with van der Waals surface area (Å²) >= 11 is 0. The number of halogens is 6. The van der Waals surface area contributed by atoms with Crippen LogP contribution in [-0.2, 0) is 24.8 Å². The minimum Gasteiger partial charge on any atom is -0.421 e. The summed E-state index contributed by atoms with van der Waals surface area (Å²) in [4.78, 5) is 0. The molecular formula is C5H10F6N2O5S2. The molecule has 0 heterocycles. The molecule has 0 radical (unpaired) electrons. The third kappa shape index (κ3) is 7.22. The summed E-state index contributed by atoms with van der Waals surface area (Å²) in [6.45, 7) is 1.65. The van der Waals surface area contributed by atoms with Gasteiger partial charge in [0.15, 0.2) is 20.0 Å². The van der Waals surface area contributed by atoms with Gasteiger partial charge in [0.1, 0.15) is 0 Å². The summed E-state index contributed by atoms with van der Waals surface area (Å²) in [7, 11) is -11.8. The SMILES string of the molecule is COCC[NH3+].O=S(=O)([N-]S(=O)(=O)C(F)(F)F)C(F)(F)F. The molecular weight excluding hydrogens is 346 g/mol. The number of hydrogen-bond acceptors (Lipinski definition) is 5. The molecule has 7 nitrogen and oxygen atoms in total. The van der Waals surface area contributed by atoms with Crippen molar-refractivity contribution in [3.05, 3.63) is 4.13 Å². The highest BCUT2D eigenvalue weighted by Crippen LogP contribution is 2.36. The van der Waals surface area contributed by atoms with Crippen LogP contribution in [0.15, 0.2) is 0 Å². The van der Waals surface area contributed by atoms with Crippen molar-refractivity contribution in [3.8, 4) is 0 Å². The van der Waals surface area contributed by atoms with Gasteiger partial charge < -0.3 is 14.6 Å². The quantitative estimate of drug-likeness (QED) is 0.708. The van der Waals surface area contributed by atoms with Gasteiger partial charge in [0, 0.05) is 7.11 Å². The van der Waals surface area contributed by atoms with Gasteiger partial charge >= 0.3 is 11.0 Å². The van der Waals surface area contributed by atoms with Crippen LogP contribution in [0.2, 0.25) is 0 Å². The monoisotopic (exact) mass is 356 g/mol. The molecule has 0 rings (SSSR count). The van der Waals surface area contributed by atoms with E-state index in [4.69, 9.17) is 0 Å². The molecule has 0 atom stereocenters. The minimum atomic E-state index is -6.72. The fraction of sp³-hybridized carbons (Fsp3) is 1.00. The first-order valence-corrected chi connectivity index (χ1v) is 7.15. The molecule has 0 aliphatic rings. The van der Waals surface area contributed by atoms with Crippen LogP contribution in [0.1, 0.15) is 0 Å². The van der Waals surface area contributed by atoms with Crippen molar-refractivity contribution in [3.63, 3.8) is 0 Å². The first-order valence-electron chi connectivity index (χ1n) is 4.27. The van der Waals surface area contributed by atoms with E-state index in [9.17, 15) is 43.2 Å². The fourth-order valence-corrected chi connectivity index (χ4v) is 2.07. The molecule has 0 bridgehead atoms. The summed E-state index contributed by atoms with van der Waals surface area (Å²) < 4.78 is 114. The highest BCUT2D eigenvalue weighted by atomic mass is 32.3. The first-order chi connectivity index (χ1) is 8.62. The lowest BCUT2D eigenvalue weighted by molar-refractivity contribution is -0.373. The smallest absolute Gasteiger partial charge is 0.421 e. The number of methoxy groups -OCH3 is 1. The van der Waals surface area contributed by atoms with Gasteiger partial charge in [-0.05, 0) is 0 Å². The van der Waals surface area contributed by atoms with Gasteiger partial charge in [-0.3, -0.25) is 0 Å². The lowest BCUT2D eigenvalue weighted by Crippen LogP contribution is -2.52. The van der Waals surface area contributed by atoms with Crippen molar-refractivity contribution in [1.29, 1.82) is 0 Å². The Labute approximate surface area is 110 Å². The number of nitrogens with zero attached hydrogens (tertiary/aromatic N) is 1. The molecule has 0 amide bonds. The predicted octanol–water partition coefficient (Wildman–Crippen LogP) is -0.0660. The third-order valence-corrected chi connectivity index (χ3v) is 3.87. The molecule has 124 valence electrons. The Bertz CT molecular complexity index is 437. The van der Waals surface area contributed by atoms with Crippen molar-refractivity contribution < 1.29 is 53.6 Å². The molecule has 15 heteroatoms. The van der Waals surface area contributed by atoms with Crippen LogP contribution >= 0.6 is 0 Å². The summed E-state index contributed by atoms with van der Waals surface area (Å²) in [5, 5.41) is 0. The van der Waals surface area contributed by atoms with E-state index in [1.54, 1.807) is 7.11 Å². The molecule has 0 saturated carbocycles. The molecule has 0 fully saturated rings. The number of ether oxygens (including phenoxy) is 1.